The molecule has 5 aromatic rings. The Balaban J connectivity index is 1.45. The lowest BCUT2D eigenvalue weighted by molar-refractivity contribution is 0.0666. The van der Waals surface area contributed by atoms with E-state index in [-0.39, 0.29) is 5.91 Å². The topological polar surface area (TPSA) is 87.3 Å². The molecule has 6 heterocycles. The van der Waals surface area contributed by atoms with Crippen molar-refractivity contribution in [3.05, 3.63) is 60.9 Å². The molecule has 1 N–H and O–H groups in total. The number of H-pyrrole nitrogens is 1. The summed E-state index contributed by atoms with van der Waals surface area (Å²) < 4.78 is 3.56. The molecule has 1 aliphatic heterocycles. The van der Waals surface area contributed by atoms with Crippen LogP contribution >= 0.6 is 0 Å². The molecular weight excluding hydrogens is 416 g/mol. The molecule has 1 saturated heterocycles. The Labute approximate surface area is 190 Å². The van der Waals surface area contributed by atoms with Crippen LogP contribution in [0.3, 0.4) is 0 Å². The van der Waals surface area contributed by atoms with Gasteiger partial charge < -0.3 is 14.8 Å². The number of amides is 1. The highest BCUT2D eigenvalue weighted by Gasteiger charge is 2.23. The van der Waals surface area contributed by atoms with Crippen LogP contribution in [0.5, 0.6) is 0 Å². The van der Waals surface area contributed by atoms with Crippen LogP contribution in [0.1, 0.15) is 10.4 Å². The SMILES string of the molecule is CN1CCN(C(=O)c2cnn3ccc(-c4c[nH]c5nccc(-c6cnn(C)c6)c45)cc23)CC1. The second kappa shape index (κ2) is 7.56. The first-order valence-electron chi connectivity index (χ1n) is 11.0. The summed E-state index contributed by atoms with van der Waals surface area (Å²) in [6.07, 6.45) is 11.2. The Morgan fingerprint density at radius 1 is 1.00 bits per heavy atom. The maximum Gasteiger partial charge on any atom is 0.257 e. The van der Waals surface area contributed by atoms with Gasteiger partial charge in [-0.25, -0.2) is 9.50 Å². The van der Waals surface area contributed by atoms with Crippen molar-refractivity contribution in [1.82, 2.24) is 39.2 Å². The molecular formula is C24H24N8O. The zero-order chi connectivity index (χ0) is 22.5. The summed E-state index contributed by atoms with van der Waals surface area (Å²) in [6, 6.07) is 6.07. The predicted molar refractivity (Wildman–Crippen MR) is 126 cm³/mol. The molecule has 1 fully saturated rings. The molecule has 5 aromatic heterocycles. The van der Waals surface area contributed by atoms with Gasteiger partial charge in [-0.1, -0.05) is 0 Å². The normalized spacial score (nSPS) is 15.0. The first-order valence-corrected chi connectivity index (χ1v) is 11.0. The zero-order valence-corrected chi connectivity index (χ0v) is 18.6. The summed E-state index contributed by atoms with van der Waals surface area (Å²) in [6.45, 7) is 3.23. The van der Waals surface area contributed by atoms with Crippen molar-refractivity contribution < 1.29 is 4.79 Å². The molecule has 0 aliphatic carbocycles. The molecule has 33 heavy (non-hydrogen) atoms. The molecule has 0 radical (unpaired) electrons. The number of nitrogens with zero attached hydrogens (tertiary/aromatic N) is 7. The Morgan fingerprint density at radius 2 is 1.85 bits per heavy atom. The number of aromatic amines is 1. The molecule has 0 aromatic carbocycles. The molecule has 166 valence electrons. The highest BCUT2D eigenvalue weighted by atomic mass is 16.2. The van der Waals surface area contributed by atoms with Gasteiger partial charge in [0.1, 0.15) is 5.65 Å². The molecule has 0 spiro atoms. The molecule has 0 bridgehead atoms. The maximum absolute atomic E-state index is 13.3. The van der Waals surface area contributed by atoms with E-state index >= 15 is 0 Å². The Bertz CT molecular complexity index is 1480. The maximum atomic E-state index is 13.3. The number of nitrogens with one attached hydrogen (secondary N) is 1. The third kappa shape index (κ3) is 3.28. The summed E-state index contributed by atoms with van der Waals surface area (Å²) in [5.74, 6) is 0.0342. The van der Waals surface area contributed by atoms with E-state index in [1.807, 2.05) is 54.9 Å². The van der Waals surface area contributed by atoms with Gasteiger partial charge in [0, 0.05) is 74.5 Å². The van der Waals surface area contributed by atoms with E-state index < -0.39 is 0 Å². The molecule has 0 atom stereocenters. The first-order chi connectivity index (χ1) is 16.1. The molecule has 1 aliphatic rings. The predicted octanol–water partition coefficient (Wildman–Crippen LogP) is 2.67. The largest absolute Gasteiger partial charge is 0.345 e. The third-order valence-corrected chi connectivity index (χ3v) is 6.44. The summed E-state index contributed by atoms with van der Waals surface area (Å²) in [5, 5.41) is 9.79. The van der Waals surface area contributed by atoms with Gasteiger partial charge in [-0.05, 0) is 36.4 Å². The minimum Gasteiger partial charge on any atom is -0.345 e. The van der Waals surface area contributed by atoms with Crippen molar-refractivity contribution in [2.24, 2.45) is 7.05 Å². The van der Waals surface area contributed by atoms with Crippen LogP contribution in [0.25, 0.3) is 38.8 Å². The standard InChI is InChI=1S/C24H24N8O/c1-29-7-9-31(10-8-29)24(33)20-14-28-32-6-4-16(11-21(20)32)19-13-26-23-22(19)18(3-5-25-23)17-12-27-30(2)15-17/h3-6,11-15H,7-10H2,1-2H3,(H,25,26). The van der Waals surface area contributed by atoms with Gasteiger partial charge in [-0.2, -0.15) is 10.2 Å². The van der Waals surface area contributed by atoms with Crippen LogP contribution in [0, 0.1) is 0 Å². The van der Waals surface area contributed by atoms with Crippen LogP contribution in [-0.2, 0) is 7.05 Å². The average Bonchev–Trinajstić information content (AvgIpc) is 3.56. The number of fused-ring (bicyclic) bond motifs is 2. The number of hydrogen-bond acceptors (Lipinski definition) is 5. The lowest BCUT2D eigenvalue weighted by atomic mass is 10.00. The molecule has 6 rings (SSSR count). The molecule has 9 heteroatoms. The number of carbonyl (C=O) groups excluding carboxylic acids is 1. The fraction of sp³-hybridized carbons (Fsp3) is 0.250. The fourth-order valence-electron chi connectivity index (χ4n) is 4.58. The highest BCUT2D eigenvalue weighted by molar-refractivity contribution is 6.05. The number of piperazine rings is 1. The van der Waals surface area contributed by atoms with Crippen molar-refractivity contribution in [1.29, 1.82) is 0 Å². The van der Waals surface area contributed by atoms with Gasteiger partial charge in [0.15, 0.2) is 0 Å². The van der Waals surface area contributed by atoms with Crippen LogP contribution in [0.2, 0.25) is 0 Å². The van der Waals surface area contributed by atoms with Gasteiger partial charge >= 0.3 is 0 Å². The number of hydrogen-bond donors (Lipinski definition) is 1. The van der Waals surface area contributed by atoms with Crippen LogP contribution in [-0.4, -0.2) is 78.3 Å². The van der Waals surface area contributed by atoms with Crippen molar-refractivity contribution in [3.8, 4) is 22.3 Å². The fourth-order valence-corrected chi connectivity index (χ4v) is 4.58. The molecule has 1 amide bonds. The number of carbonyl (C=O) groups is 1. The molecule has 0 saturated carbocycles. The quantitative estimate of drug-likeness (QED) is 0.466. The monoisotopic (exact) mass is 440 g/mol. The Morgan fingerprint density at radius 3 is 2.64 bits per heavy atom. The van der Waals surface area contributed by atoms with Crippen molar-refractivity contribution >= 4 is 22.5 Å². The van der Waals surface area contributed by atoms with Gasteiger partial charge in [0.05, 0.1) is 23.5 Å². The van der Waals surface area contributed by atoms with E-state index in [0.29, 0.717) is 5.56 Å². The molecule has 9 nitrogen and oxygen atoms in total. The summed E-state index contributed by atoms with van der Waals surface area (Å²) in [4.78, 5) is 25.2. The van der Waals surface area contributed by atoms with Crippen LogP contribution in [0.4, 0.5) is 0 Å². The number of likely N-dealkylation sites (N-methyl/N-ethyl adjacent to an activating group) is 1. The van der Waals surface area contributed by atoms with Crippen molar-refractivity contribution in [2.75, 3.05) is 33.2 Å². The number of rotatable bonds is 3. The molecule has 0 unspecified atom stereocenters. The van der Waals surface area contributed by atoms with Crippen molar-refractivity contribution in [2.45, 2.75) is 0 Å². The highest BCUT2D eigenvalue weighted by Crippen LogP contribution is 2.36. The summed E-state index contributed by atoms with van der Waals surface area (Å²) >= 11 is 0. The smallest absolute Gasteiger partial charge is 0.257 e. The second-order valence-corrected chi connectivity index (χ2v) is 8.59. The van der Waals surface area contributed by atoms with E-state index in [9.17, 15) is 4.79 Å². The average molecular weight is 441 g/mol. The van der Waals surface area contributed by atoms with Gasteiger partial charge in [0.25, 0.3) is 5.91 Å². The Kier molecular flexibility index (Phi) is 4.51. The van der Waals surface area contributed by atoms with Gasteiger partial charge in [-0.3, -0.25) is 9.48 Å². The lowest BCUT2D eigenvalue weighted by Crippen LogP contribution is -2.47. The van der Waals surface area contributed by atoms with E-state index in [1.165, 1.54) is 0 Å². The first kappa shape index (κ1) is 19.7. The number of aromatic nitrogens is 6. The van der Waals surface area contributed by atoms with E-state index in [1.54, 1.807) is 21.6 Å². The van der Waals surface area contributed by atoms with Crippen LogP contribution in [0.15, 0.2) is 55.4 Å². The van der Waals surface area contributed by atoms with Gasteiger partial charge in [0.2, 0.25) is 0 Å². The second-order valence-electron chi connectivity index (χ2n) is 8.59. The van der Waals surface area contributed by atoms with E-state index in [4.69, 9.17) is 0 Å². The summed E-state index contributed by atoms with van der Waals surface area (Å²) in [7, 11) is 3.99. The summed E-state index contributed by atoms with van der Waals surface area (Å²) in [5.41, 5.74) is 6.37. The third-order valence-electron chi connectivity index (χ3n) is 6.44. The number of pyridine rings is 2. The minimum absolute atomic E-state index is 0.0342. The number of aryl methyl sites for hydroxylation is 1. The van der Waals surface area contributed by atoms with Crippen molar-refractivity contribution in [3.63, 3.8) is 0 Å². The lowest BCUT2D eigenvalue weighted by Gasteiger charge is -2.32. The van der Waals surface area contributed by atoms with E-state index in [2.05, 4.69) is 32.1 Å². The van der Waals surface area contributed by atoms with E-state index in [0.717, 1.165) is 65.0 Å². The zero-order valence-electron chi connectivity index (χ0n) is 18.6. The van der Waals surface area contributed by atoms with Crippen LogP contribution < -0.4 is 0 Å². The van der Waals surface area contributed by atoms with Gasteiger partial charge in [-0.15, -0.1) is 0 Å². The minimum atomic E-state index is 0.0342. The Hall–Kier alpha value is -3.98.